The van der Waals surface area contributed by atoms with Gasteiger partial charge in [-0.25, -0.2) is 0 Å². The lowest BCUT2D eigenvalue weighted by molar-refractivity contribution is -0.00721. The fourth-order valence-electron chi connectivity index (χ4n) is 3.06. The molecule has 1 saturated heterocycles. The van der Waals surface area contributed by atoms with Gasteiger partial charge in [0.2, 0.25) is 0 Å². The van der Waals surface area contributed by atoms with Gasteiger partial charge in [-0.05, 0) is 24.0 Å². The van der Waals surface area contributed by atoms with Crippen LogP contribution in [0.1, 0.15) is 40.4 Å². The van der Waals surface area contributed by atoms with Gasteiger partial charge in [0.05, 0.1) is 37.3 Å². The fraction of sp³-hybridized carbons (Fsp3) is 0.688. The van der Waals surface area contributed by atoms with E-state index in [4.69, 9.17) is 9.47 Å². The number of nitrogens with zero attached hydrogens (tertiary/aromatic N) is 1. The Balaban J connectivity index is 1.77. The number of morpholine rings is 1. The zero-order chi connectivity index (χ0) is 14.8. The van der Waals surface area contributed by atoms with Crippen molar-refractivity contribution in [2.75, 3.05) is 26.4 Å². The molecule has 5 heteroatoms. The molecule has 0 radical (unpaired) electrons. The summed E-state index contributed by atoms with van der Waals surface area (Å²) >= 11 is 1.65. The summed E-state index contributed by atoms with van der Waals surface area (Å²) in [4.78, 5) is 17.0. The van der Waals surface area contributed by atoms with Crippen molar-refractivity contribution in [2.45, 2.75) is 39.3 Å². The first-order valence-electron chi connectivity index (χ1n) is 7.73. The molecular weight excluding hydrogens is 286 g/mol. The Morgan fingerprint density at radius 2 is 2.29 bits per heavy atom. The summed E-state index contributed by atoms with van der Waals surface area (Å²) in [5.74, 6) is 0.736. The average molecular weight is 309 g/mol. The maximum absolute atomic E-state index is 12.8. The van der Waals surface area contributed by atoms with E-state index in [2.05, 4.69) is 13.8 Å². The van der Waals surface area contributed by atoms with Gasteiger partial charge in [-0.2, -0.15) is 0 Å². The number of rotatable bonds is 3. The quantitative estimate of drug-likeness (QED) is 0.862. The zero-order valence-electron chi connectivity index (χ0n) is 12.8. The molecule has 1 unspecified atom stereocenters. The minimum Gasteiger partial charge on any atom is -0.377 e. The number of carbonyl (C=O) groups excluding carboxylic acids is 1. The van der Waals surface area contributed by atoms with E-state index in [-0.39, 0.29) is 11.9 Å². The fourth-order valence-corrected chi connectivity index (χ4v) is 4.16. The Labute approximate surface area is 130 Å². The molecule has 21 heavy (non-hydrogen) atoms. The molecule has 0 aromatic carbocycles. The molecule has 0 aliphatic carbocycles. The zero-order valence-corrected chi connectivity index (χ0v) is 13.6. The highest BCUT2D eigenvalue weighted by atomic mass is 32.1. The third-order valence-electron chi connectivity index (χ3n) is 4.07. The maximum atomic E-state index is 12.8. The highest BCUT2D eigenvalue weighted by Gasteiger charge is 2.30. The third kappa shape index (κ3) is 3.30. The minimum atomic E-state index is 0.170. The molecule has 3 heterocycles. The van der Waals surface area contributed by atoms with Crippen LogP contribution in [0.5, 0.6) is 0 Å². The van der Waals surface area contributed by atoms with Crippen LogP contribution in [0, 0.1) is 5.92 Å². The summed E-state index contributed by atoms with van der Waals surface area (Å²) in [5.41, 5.74) is 1.20. The number of hydrogen-bond donors (Lipinski definition) is 0. The maximum Gasteiger partial charge on any atom is 0.264 e. The van der Waals surface area contributed by atoms with Gasteiger partial charge >= 0.3 is 0 Å². The van der Waals surface area contributed by atoms with Crippen molar-refractivity contribution >= 4 is 17.2 Å². The van der Waals surface area contributed by atoms with E-state index in [0.717, 1.165) is 24.3 Å². The average Bonchev–Trinajstić information content (AvgIpc) is 2.90. The summed E-state index contributed by atoms with van der Waals surface area (Å²) in [5, 5.41) is 0. The molecule has 2 aliphatic rings. The summed E-state index contributed by atoms with van der Waals surface area (Å²) in [6, 6.07) is 2.24. The number of ether oxygens (including phenoxy) is 2. The van der Waals surface area contributed by atoms with Crippen molar-refractivity contribution in [3.63, 3.8) is 0 Å². The molecule has 2 aliphatic heterocycles. The molecule has 0 bridgehead atoms. The van der Waals surface area contributed by atoms with E-state index < -0.39 is 0 Å². The smallest absolute Gasteiger partial charge is 0.264 e. The molecule has 3 rings (SSSR count). The summed E-state index contributed by atoms with van der Waals surface area (Å²) in [6.45, 7) is 7.82. The lowest BCUT2D eigenvalue weighted by Crippen LogP contribution is -2.49. The van der Waals surface area contributed by atoms with Crippen LogP contribution in [-0.2, 0) is 22.5 Å². The number of thiophene rings is 1. The lowest BCUT2D eigenvalue weighted by atomic mass is 10.0. The molecule has 0 saturated carbocycles. The van der Waals surface area contributed by atoms with Gasteiger partial charge in [0.1, 0.15) is 0 Å². The van der Waals surface area contributed by atoms with Crippen LogP contribution in [0.25, 0.3) is 0 Å². The minimum absolute atomic E-state index is 0.170. The van der Waals surface area contributed by atoms with Gasteiger partial charge in [-0.1, -0.05) is 13.8 Å². The van der Waals surface area contributed by atoms with Crippen molar-refractivity contribution in [2.24, 2.45) is 5.92 Å². The first-order valence-corrected chi connectivity index (χ1v) is 8.55. The largest absolute Gasteiger partial charge is 0.377 e. The van der Waals surface area contributed by atoms with Gasteiger partial charge in [0, 0.05) is 17.8 Å². The number of fused-ring (bicyclic) bond motifs is 1. The van der Waals surface area contributed by atoms with Crippen molar-refractivity contribution in [3.8, 4) is 0 Å². The molecule has 1 amide bonds. The van der Waals surface area contributed by atoms with Crippen molar-refractivity contribution in [1.82, 2.24) is 4.90 Å². The molecule has 4 nitrogen and oxygen atoms in total. The molecule has 1 aromatic rings. The molecule has 0 spiro atoms. The van der Waals surface area contributed by atoms with Gasteiger partial charge in [-0.15, -0.1) is 11.3 Å². The first kappa shape index (κ1) is 15.0. The highest BCUT2D eigenvalue weighted by Crippen LogP contribution is 2.29. The Hall–Kier alpha value is -0.910. The van der Waals surface area contributed by atoms with Crippen molar-refractivity contribution in [3.05, 3.63) is 21.4 Å². The normalized spacial score (nSPS) is 22.4. The number of carbonyl (C=O) groups is 1. The van der Waals surface area contributed by atoms with Crippen molar-refractivity contribution < 1.29 is 14.3 Å². The summed E-state index contributed by atoms with van der Waals surface area (Å²) in [7, 11) is 0. The second-order valence-corrected chi connectivity index (χ2v) is 7.36. The van der Waals surface area contributed by atoms with Crippen LogP contribution >= 0.6 is 11.3 Å². The van der Waals surface area contributed by atoms with E-state index in [1.165, 1.54) is 10.4 Å². The van der Waals surface area contributed by atoms with Gasteiger partial charge in [0.25, 0.3) is 5.91 Å². The Morgan fingerprint density at radius 3 is 3.05 bits per heavy atom. The molecular formula is C16H23NO3S. The van der Waals surface area contributed by atoms with Gasteiger partial charge < -0.3 is 14.4 Å². The van der Waals surface area contributed by atoms with Gasteiger partial charge in [0.15, 0.2) is 0 Å². The molecule has 1 fully saturated rings. The number of amides is 1. The van der Waals surface area contributed by atoms with Crippen molar-refractivity contribution in [1.29, 1.82) is 0 Å². The monoisotopic (exact) mass is 309 g/mol. The third-order valence-corrected chi connectivity index (χ3v) is 5.30. The summed E-state index contributed by atoms with van der Waals surface area (Å²) < 4.78 is 11.0. The molecule has 116 valence electrons. The van der Waals surface area contributed by atoms with Crippen LogP contribution in [-0.4, -0.2) is 43.2 Å². The lowest BCUT2D eigenvalue weighted by Gasteiger charge is -2.36. The highest BCUT2D eigenvalue weighted by molar-refractivity contribution is 7.14. The topological polar surface area (TPSA) is 38.8 Å². The van der Waals surface area contributed by atoms with E-state index in [1.54, 1.807) is 11.3 Å². The Morgan fingerprint density at radius 1 is 1.43 bits per heavy atom. The SMILES string of the molecule is CC(C)CC1COCCN1C(=O)c1cc2c(s1)CCOC2. The standard InChI is InChI=1S/C16H23NO3S/c1-11(2)7-13-10-20-6-4-17(13)16(18)15-8-12-9-19-5-3-14(12)21-15/h8,11,13H,3-7,9-10H2,1-2H3. The molecule has 1 aromatic heterocycles. The van der Waals surface area contributed by atoms with Crippen LogP contribution in [0.3, 0.4) is 0 Å². The number of hydrogen-bond acceptors (Lipinski definition) is 4. The van der Waals surface area contributed by atoms with E-state index >= 15 is 0 Å². The van der Waals surface area contributed by atoms with E-state index in [1.807, 2.05) is 11.0 Å². The van der Waals surface area contributed by atoms with Gasteiger partial charge in [-0.3, -0.25) is 4.79 Å². The summed E-state index contributed by atoms with van der Waals surface area (Å²) in [6.07, 6.45) is 1.94. The molecule has 0 N–H and O–H groups in total. The first-order chi connectivity index (χ1) is 10.1. The Bertz CT molecular complexity index is 488. The second-order valence-electron chi connectivity index (χ2n) is 6.22. The van der Waals surface area contributed by atoms with Crippen LogP contribution in [0.2, 0.25) is 0 Å². The second kappa shape index (κ2) is 6.46. The predicted octanol–water partition coefficient (Wildman–Crippen LogP) is 2.71. The van der Waals surface area contributed by atoms with E-state index in [0.29, 0.717) is 32.3 Å². The van der Waals surface area contributed by atoms with Crippen LogP contribution in [0.15, 0.2) is 6.07 Å². The van der Waals surface area contributed by atoms with Crippen LogP contribution in [0.4, 0.5) is 0 Å². The Kier molecular flexibility index (Phi) is 4.62. The van der Waals surface area contributed by atoms with E-state index in [9.17, 15) is 4.79 Å². The predicted molar refractivity (Wildman–Crippen MR) is 82.8 cm³/mol. The van der Waals surface area contributed by atoms with Crippen LogP contribution < -0.4 is 0 Å². The molecule has 1 atom stereocenters.